The topological polar surface area (TPSA) is 0 Å². The van der Waals surface area contributed by atoms with E-state index in [2.05, 4.69) is 6.58 Å². The van der Waals surface area contributed by atoms with Gasteiger partial charge in [-0.1, -0.05) is 36.9 Å². The van der Waals surface area contributed by atoms with Crippen LogP contribution in [0.15, 0.2) is 43.0 Å². The van der Waals surface area contributed by atoms with E-state index in [4.69, 9.17) is 0 Å². The van der Waals surface area contributed by atoms with Crippen LogP contribution in [0.4, 0.5) is 4.39 Å². The summed E-state index contributed by atoms with van der Waals surface area (Å²) >= 11 is 0. The molecule has 0 saturated heterocycles. The van der Waals surface area contributed by atoms with E-state index in [1.807, 2.05) is 12.2 Å². The molecular formula is C10H9F. The molecule has 0 unspecified atom stereocenters. The highest BCUT2D eigenvalue weighted by Crippen LogP contribution is 2.04. The van der Waals surface area contributed by atoms with Crippen molar-refractivity contribution in [3.05, 3.63) is 54.4 Å². The molecule has 0 radical (unpaired) electrons. The third-order valence-electron chi connectivity index (χ3n) is 1.29. The van der Waals surface area contributed by atoms with Crippen molar-refractivity contribution in [1.29, 1.82) is 0 Å². The largest absolute Gasteiger partial charge is 0.207 e. The van der Waals surface area contributed by atoms with Crippen LogP contribution in [0, 0.1) is 5.82 Å². The number of allylic oxidation sites excluding steroid dienone is 2. The van der Waals surface area contributed by atoms with Gasteiger partial charge >= 0.3 is 0 Å². The minimum absolute atomic E-state index is 0.208. The lowest BCUT2D eigenvalue weighted by atomic mass is 10.2. The predicted octanol–water partition coefficient (Wildman–Crippen LogP) is 3.02. The highest BCUT2D eigenvalue weighted by Gasteiger charge is 1.86. The maximum atomic E-state index is 12.4. The summed E-state index contributed by atoms with van der Waals surface area (Å²) in [5, 5.41) is 0. The molecule has 0 aromatic heterocycles. The summed E-state index contributed by atoms with van der Waals surface area (Å²) in [6.07, 6.45) is 5.36. The van der Waals surface area contributed by atoms with Crippen LogP contribution in [0.25, 0.3) is 6.08 Å². The summed E-state index contributed by atoms with van der Waals surface area (Å²) in [5.74, 6) is -0.208. The molecule has 0 spiro atoms. The summed E-state index contributed by atoms with van der Waals surface area (Å²) in [6.45, 7) is 3.53. The average Bonchev–Trinajstić information content (AvgIpc) is 2.04. The van der Waals surface area contributed by atoms with Crippen LogP contribution < -0.4 is 0 Å². The maximum Gasteiger partial charge on any atom is 0.123 e. The molecule has 0 atom stereocenters. The molecule has 0 saturated carbocycles. The van der Waals surface area contributed by atoms with Gasteiger partial charge in [-0.3, -0.25) is 0 Å². The molecule has 11 heavy (non-hydrogen) atoms. The second kappa shape index (κ2) is 3.71. The summed E-state index contributed by atoms with van der Waals surface area (Å²) in [6, 6.07) is 6.30. The molecule has 0 N–H and O–H groups in total. The van der Waals surface area contributed by atoms with Gasteiger partial charge in [0, 0.05) is 0 Å². The predicted molar refractivity (Wildman–Crippen MR) is 45.6 cm³/mol. The molecule has 1 heteroatoms. The van der Waals surface area contributed by atoms with E-state index in [1.54, 1.807) is 18.2 Å². The standard InChI is InChI=1S/C10H9F/c1-2-3-4-9-5-7-10(11)8-6-9/h2-8H,1H2. The van der Waals surface area contributed by atoms with Gasteiger partial charge in [0.05, 0.1) is 0 Å². The third kappa shape index (κ3) is 2.38. The fourth-order valence-electron chi connectivity index (χ4n) is 0.753. The molecule has 0 aliphatic carbocycles. The second-order valence-corrected chi connectivity index (χ2v) is 2.15. The van der Waals surface area contributed by atoms with E-state index in [9.17, 15) is 4.39 Å². The van der Waals surface area contributed by atoms with Crippen molar-refractivity contribution in [2.45, 2.75) is 0 Å². The zero-order valence-corrected chi connectivity index (χ0v) is 6.13. The number of hydrogen-bond donors (Lipinski definition) is 0. The fraction of sp³-hybridized carbons (Fsp3) is 0. The molecule has 56 valence electrons. The first-order valence-electron chi connectivity index (χ1n) is 3.37. The van der Waals surface area contributed by atoms with Crippen LogP contribution in [-0.4, -0.2) is 0 Å². The first kappa shape index (κ1) is 7.73. The molecule has 0 fully saturated rings. The Kier molecular flexibility index (Phi) is 2.61. The van der Waals surface area contributed by atoms with Gasteiger partial charge in [-0.2, -0.15) is 0 Å². The van der Waals surface area contributed by atoms with Gasteiger partial charge in [0.25, 0.3) is 0 Å². The molecule has 0 bridgehead atoms. The summed E-state index contributed by atoms with van der Waals surface area (Å²) < 4.78 is 12.4. The zero-order valence-electron chi connectivity index (χ0n) is 6.13. The maximum absolute atomic E-state index is 12.4. The molecule has 0 aliphatic rings. The van der Waals surface area contributed by atoms with Gasteiger partial charge in [0.15, 0.2) is 0 Å². The first-order valence-corrected chi connectivity index (χ1v) is 3.37. The smallest absolute Gasteiger partial charge is 0.123 e. The minimum atomic E-state index is -0.208. The Hall–Kier alpha value is -1.37. The minimum Gasteiger partial charge on any atom is -0.207 e. The highest BCUT2D eigenvalue weighted by atomic mass is 19.1. The van der Waals surface area contributed by atoms with Crippen molar-refractivity contribution in [3.63, 3.8) is 0 Å². The molecule has 1 aromatic carbocycles. The zero-order chi connectivity index (χ0) is 8.10. The molecule has 1 rings (SSSR count). The fourth-order valence-corrected chi connectivity index (χ4v) is 0.753. The molecule has 0 aliphatic heterocycles. The molecule has 1 aromatic rings. The average molecular weight is 148 g/mol. The van der Waals surface area contributed by atoms with Crippen LogP contribution in [0.3, 0.4) is 0 Å². The lowest BCUT2D eigenvalue weighted by Gasteiger charge is -1.90. The van der Waals surface area contributed by atoms with Crippen LogP contribution >= 0.6 is 0 Å². The van der Waals surface area contributed by atoms with Crippen molar-refractivity contribution in [3.8, 4) is 0 Å². The Labute approximate surface area is 65.7 Å². The van der Waals surface area contributed by atoms with E-state index >= 15 is 0 Å². The van der Waals surface area contributed by atoms with E-state index in [1.165, 1.54) is 12.1 Å². The quantitative estimate of drug-likeness (QED) is 0.565. The van der Waals surface area contributed by atoms with Gasteiger partial charge < -0.3 is 0 Å². The second-order valence-electron chi connectivity index (χ2n) is 2.15. The van der Waals surface area contributed by atoms with E-state index < -0.39 is 0 Å². The van der Waals surface area contributed by atoms with Gasteiger partial charge in [-0.25, -0.2) is 4.39 Å². The SMILES string of the molecule is C=CC=Cc1ccc(F)cc1. The van der Waals surface area contributed by atoms with Gasteiger partial charge in [-0.05, 0) is 17.7 Å². The Bertz CT molecular complexity index is 257. The Morgan fingerprint density at radius 2 is 1.82 bits per heavy atom. The Balaban J connectivity index is 2.81. The monoisotopic (exact) mass is 148 g/mol. The Morgan fingerprint density at radius 3 is 2.36 bits per heavy atom. The number of halogens is 1. The van der Waals surface area contributed by atoms with Crippen molar-refractivity contribution in [1.82, 2.24) is 0 Å². The van der Waals surface area contributed by atoms with E-state index in [0.717, 1.165) is 5.56 Å². The normalized spacial score (nSPS) is 10.3. The van der Waals surface area contributed by atoms with Crippen molar-refractivity contribution in [2.75, 3.05) is 0 Å². The Morgan fingerprint density at radius 1 is 1.18 bits per heavy atom. The van der Waals surface area contributed by atoms with Crippen molar-refractivity contribution < 1.29 is 4.39 Å². The van der Waals surface area contributed by atoms with Gasteiger partial charge in [0.1, 0.15) is 5.82 Å². The molecule has 0 amide bonds. The van der Waals surface area contributed by atoms with Crippen LogP contribution in [0.5, 0.6) is 0 Å². The lowest BCUT2D eigenvalue weighted by molar-refractivity contribution is 0.628. The summed E-state index contributed by atoms with van der Waals surface area (Å²) in [4.78, 5) is 0. The van der Waals surface area contributed by atoms with E-state index in [0.29, 0.717) is 0 Å². The van der Waals surface area contributed by atoms with Crippen LogP contribution in [0.2, 0.25) is 0 Å². The van der Waals surface area contributed by atoms with Crippen LogP contribution in [0.1, 0.15) is 5.56 Å². The van der Waals surface area contributed by atoms with Crippen molar-refractivity contribution >= 4 is 6.08 Å². The number of rotatable bonds is 2. The summed E-state index contributed by atoms with van der Waals surface area (Å²) in [5.41, 5.74) is 0.978. The molecule has 0 nitrogen and oxygen atoms in total. The van der Waals surface area contributed by atoms with Gasteiger partial charge in [0.2, 0.25) is 0 Å². The van der Waals surface area contributed by atoms with Gasteiger partial charge in [-0.15, -0.1) is 0 Å². The number of benzene rings is 1. The van der Waals surface area contributed by atoms with Crippen LogP contribution in [-0.2, 0) is 0 Å². The number of hydrogen-bond acceptors (Lipinski definition) is 0. The first-order chi connectivity index (χ1) is 5.33. The molecule has 0 heterocycles. The van der Waals surface area contributed by atoms with E-state index in [-0.39, 0.29) is 5.82 Å². The lowest BCUT2D eigenvalue weighted by Crippen LogP contribution is -1.73. The third-order valence-corrected chi connectivity index (χ3v) is 1.29. The molecular weight excluding hydrogens is 139 g/mol. The summed E-state index contributed by atoms with van der Waals surface area (Å²) in [7, 11) is 0. The highest BCUT2D eigenvalue weighted by molar-refractivity contribution is 5.50. The van der Waals surface area contributed by atoms with Crippen molar-refractivity contribution in [2.24, 2.45) is 0 Å².